The first-order valence-corrected chi connectivity index (χ1v) is 5.44. The summed E-state index contributed by atoms with van der Waals surface area (Å²) in [6.45, 7) is 2.75. The highest BCUT2D eigenvalue weighted by atomic mass is 16.5. The molecular weight excluding hydrogens is 204 g/mol. The summed E-state index contributed by atoms with van der Waals surface area (Å²) in [7, 11) is 0. The van der Waals surface area contributed by atoms with Crippen molar-refractivity contribution in [2.24, 2.45) is 5.73 Å². The summed E-state index contributed by atoms with van der Waals surface area (Å²) < 4.78 is 5.46. The van der Waals surface area contributed by atoms with E-state index in [1.807, 2.05) is 31.2 Å². The Morgan fingerprint density at radius 2 is 2.38 bits per heavy atom. The van der Waals surface area contributed by atoms with E-state index in [4.69, 9.17) is 10.5 Å². The molecule has 0 saturated heterocycles. The summed E-state index contributed by atoms with van der Waals surface area (Å²) in [5, 5.41) is 2.87. The number of hydrogen-bond donors (Lipinski definition) is 2. The molecule has 0 bridgehead atoms. The van der Waals surface area contributed by atoms with Crippen LogP contribution in [0.3, 0.4) is 0 Å². The lowest BCUT2D eigenvalue weighted by Gasteiger charge is -2.14. The highest BCUT2D eigenvalue weighted by molar-refractivity contribution is 5.85. The van der Waals surface area contributed by atoms with E-state index in [-0.39, 0.29) is 17.9 Å². The molecule has 3 N–H and O–H groups in total. The fourth-order valence-corrected chi connectivity index (χ4v) is 1.78. The lowest BCUT2D eigenvalue weighted by atomic mass is 10.0. The summed E-state index contributed by atoms with van der Waals surface area (Å²) in [5.74, 6) is 0.594. The van der Waals surface area contributed by atoms with E-state index in [1.165, 1.54) is 0 Å². The Hall–Kier alpha value is -1.55. The largest absolute Gasteiger partial charge is 0.492 e. The highest BCUT2D eigenvalue weighted by Gasteiger charge is 2.30. The van der Waals surface area contributed by atoms with Gasteiger partial charge in [0.15, 0.2) is 0 Å². The standard InChI is InChI=1S/C12H16N2O2/c1-8(6-13)14-12(15)10-7-16-11-5-3-2-4-9(10)11/h2-5,8,10H,6-7,13H2,1H3,(H,14,15)/t8-,10?/m1/s1. The Labute approximate surface area is 94.8 Å². The zero-order chi connectivity index (χ0) is 11.5. The van der Waals surface area contributed by atoms with Crippen molar-refractivity contribution in [3.63, 3.8) is 0 Å². The number of carbonyl (C=O) groups excluding carboxylic acids is 1. The zero-order valence-corrected chi connectivity index (χ0v) is 9.27. The first-order chi connectivity index (χ1) is 7.72. The Bertz CT molecular complexity index is 392. The predicted octanol–water partition coefficient (Wildman–Crippen LogP) is 0.626. The molecule has 0 aromatic heterocycles. The second-order valence-corrected chi connectivity index (χ2v) is 4.05. The van der Waals surface area contributed by atoms with Crippen LogP contribution in [0.1, 0.15) is 18.4 Å². The van der Waals surface area contributed by atoms with Gasteiger partial charge in [0.05, 0.1) is 0 Å². The number of hydrogen-bond acceptors (Lipinski definition) is 3. The number of ether oxygens (including phenoxy) is 1. The number of benzene rings is 1. The minimum atomic E-state index is -0.204. The molecule has 0 fully saturated rings. The second-order valence-electron chi connectivity index (χ2n) is 4.05. The lowest BCUT2D eigenvalue weighted by molar-refractivity contribution is -0.123. The molecule has 0 spiro atoms. The van der Waals surface area contributed by atoms with Crippen LogP contribution < -0.4 is 15.8 Å². The third-order valence-electron chi connectivity index (χ3n) is 2.76. The van der Waals surface area contributed by atoms with E-state index >= 15 is 0 Å². The minimum Gasteiger partial charge on any atom is -0.492 e. The van der Waals surface area contributed by atoms with Crippen LogP contribution in [0.25, 0.3) is 0 Å². The molecule has 2 atom stereocenters. The molecule has 1 aromatic rings. The first-order valence-electron chi connectivity index (χ1n) is 5.44. The lowest BCUT2D eigenvalue weighted by Crippen LogP contribution is -2.40. The number of para-hydroxylation sites is 1. The smallest absolute Gasteiger partial charge is 0.231 e. The predicted molar refractivity (Wildman–Crippen MR) is 61.3 cm³/mol. The molecular formula is C12H16N2O2. The van der Waals surface area contributed by atoms with Crippen LogP contribution in [-0.4, -0.2) is 25.1 Å². The van der Waals surface area contributed by atoms with Gasteiger partial charge in [0.25, 0.3) is 0 Å². The third-order valence-corrected chi connectivity index (χ3v) is 2.76. The quantitative estimate of drug-likeness (QED) is 0.785. The van der Waals surface area contributed by atoms with Gasteiger partial charge >= 0.3 is 0 Å². The van der Waals surface area contributed by atoms with Crippen LogP contribution in [0.4, 0.5) is 0 Å². The molecule has 86 valence electrons. The molecule has 0 radical (unpaired) electrons. The molecule has 2 rings (SSSR count). The number of carbonyl (C=O) groups is 1. The molecule has 1 unspecified atom stereocenters. The van der Waals surface area contributed by atoms with Gasteiger partial charge in [-0.3, -0.25) is 4.79 Å². The number of rotatable bonds is 3. The van der Waals surface area contributed by atoms with Gasteiger partial charge in [-0.15, -0.1) is 0 Å². The van der Waals surface area contributed by atoms with E-state index in [9.17, 15) is 4.79 Å². The van der Waals surface area contributed by atoms with Crippen LogP contribution in [0.5, 0.6) is 5.75 Å². The summed E-state index contributed by atoms with van der Waals surface area (Å²) in [6.07, 6.45) is 0. The van der Waals surface area contributed by atoms with Crippen molar-refractivity contribution in [1.29, 1.82) is 0 Å². The Kier molecular flexibility index (Phi) is 3.10. The maximum absolute atomic E-state index is 11.9. The van der Waals surface area contributed by atoms with E-state index in [0.29, 0.717) is 13.2 Å². The molecule has 1 aromatic carbocycles. The second kappa shape index (κ2) is 4.53. The van der Waals surface area contributed by atoms with Crippen molar-refractivity contribution in [2.45, 2.75) is 18.9 Å². The Balaban J connectivity index is 2.10. The van der Waals surface area contributed by atoms with Crippen molar-refractivity contribution < 1.29 is 9.53 Å². The summed E-state index contributed by atoms with van der Waals surface area (Å²) >= 11 is 0. The molecule has 4 heteroatoms. The number of amides is 1. The van der Waals surface area contributed by atoms with Crippen LogP contribution in [0, 0.1) is 0 Å². The van der Waals surface area contributed by atoms with Crippen LogP contribution in [-0.2, 0) is 4.79 Å². The van der Waals surface area contributed by atoms with Crippen LogP contribution in [0.15, 0.2) is 24.3 Å². The van der Waals surface area contributed by atoms with Gasteiger partial charge in [-0.25, -0.2) is 0 Å². The van der Waals surface area contributed by atoms with Gasteiger partial charge in [0.2, 0.25) is 5.91 Å². The van der Waals surface area contributed by atoms with Crippen molar-refractivity contribution in [1.82, 2.24) is 5.32 Å². The van der Waals surface area contributed by atoms with E-state index < -0.39 is 0 Å². The number of nitrogens with two attached hydrogens (primary N) is 1. The van der Waals surface area contributed by atoms with Gasteiger partial charge in [-0.2, -0.15) is 0 Å². The number of fused-ring (bicyclic) bond motifs is 1. The van der Waals surface area contributed by atoms with Crippen molar-refractivity contribution in [3.8, 4) is 5.75 Å². The fraction of sp³-hybridized carbons (Fsp3) is 0.417. The fourth-order valence-electron chi connectivity index (χ4n) is 1.78. The third kappa shape index (κ3) is 2.02. The molecule has 4 nitrogen and oxygen atoms in total. The van der Waals surface area contributed by atoms with E-state index in [2.05, 4.69) is 5.32 Å². The maximum Gasteiger partial charge on any atom is 0.231 e. The molecule has 16 heavy (non-hydrogen) atoms. The maximum atomic E-state index is 11.9. The van der Waals surface area contributed by atoms with Crippen LogP contribution >= 0.6 is 0 Å². The van der Waals surface area contributed by atoms with Gasteiger partial charge in [0.1, 0.15) is 18.3 Å². The Morgan fingerprint density at radius 3 is 3.12 bits per heavy atom. The highest BCUT2D eigenvalue weighted by Crippen LogP contribution is 2.33. The van der Waals surface area contributed by atoms with Gasteiger partial charge in [0, 0.05) is 18.2 Å². The van der Waals surface area contributed by atoms with Crippen molar-refractivity contribution >= 4 is 5.91 Å². The van der Waals surface area contributed by atoms with Gasteiger partial charge < -0.3 is 15.8 Å². The van der Waals surface area contributed by atoms with E-state index in [1.54, 1.807) is 0 Å². The summed E-state index contributed by atoms with van der Waals surface area (Å²) in [5.41, 5.74) is 6.43. The average Bonchev–Trinajstić information content (AvgIpc) is 2.72. The minimum absolute atomic E-state index is 0.000243. The summed E-state index contributed by atoms with van der Waals surface area (Å²) in [6, 6.07) is 7.64. The van der Waals surface area contributed by atoms with Crippen molar-refractivity contribution in [3.05, 3.63) is 29.8 Å². The summed E-state index contributed by atoms with van der Waals surface area (Å²) in [4.78, 5) is 11.9. The molecule has 0 saturated carbocycles. The Morgan fingerprint density at radius 1 is 1.62 bits per heavy atom. The molecule has 1 aliphatic rings. The topological polar surface area (TPSA) is 64.3 Å². The van der Waals surface area contributed by atoms with Crippen molar-refractivity contribution in [2.75, 3.05) is 13.2 Å². The molecule has 1 aliphatic heterocycles. The molecule has 0 aliphatic carbocycles. The van der Waals surface area contributed by atoms with E-state index in [0.717, 1.165) is 11.3 Å². The zero-order valence-electron chi connectivity index (χ0n) is 9.27. The monoisotopic (exact) mass is 220 g/mol. The SMILES string of the molecule is C[C@H](CN)NC(=O)C1COc2ccccc21. The average molecular weight is 220 g/mol. The molecule has 1 heterocycles. The molecule has 1 amide bonds. The van der Waals surface area contributed by atoms with Crippen LogP contribution in [0.2, 0.25) is 0 Å². The number of nitrogens with one attached hydrogen (secondary N) is 1. The van der Waals surface area contributed by atoms with Gasteiger partial charge in [-0.05, 0) is 13.0 Å². The normalized spacial score (nSPS) is 19.8. The first kappa shape index (κ1) is 11.0. The van der Waals surface area contributed by atoms with Gasteiger partial charge in [-0.1, -0.05) is 18.2 Å².